The van der Waals surface area contributed by atoms with Crippen LogP contribution in [0.4, 0.5) is 0 Å². The van der Waals surface area contributed by atoms with Crippen molar-refractivity contribution >= 4 is 11.1 Å². The third-order valence-electron chi connectivity index (χ3n) is 1.98. The molecule has 4 nitrogen and oxygen atoms in total. The van der Waals surface area contributed by atoms with Crippen molar-refractivity contribution in [2.45, 2.75) is 6.42 Å². The second kappa shape index (κ2) is 3.41. The van der Waals surface area contributed by atoms with E-state index in [4.69, 9.17) is 10.2 Å². The molecule has 1 aromatic heterocycles. The van der Waals surface area contributed by atoms with E-state index in [9.17, 15) is 4.79 Å². The number of oxazole rings is 1. The van der Waals surface area contributed by atoms with Gasteiger partial charge in [-0.05, 0) is 30.3 Å². The van der Waals surface area contributed by atoms with Crippen LogP contribution in [0.3, 0.4) is 0 Å². The fraction of sp³-hybridized carbons (Fsp3) is 0.100. The fourth-order valence-corrected chi connectivity index (χ4v) is 1.32. The molecule has 0 saturated heterocycles. The Hall–Kier alpha value is -1.97. The summed E-state index contributed by atoms with van der Waals surface area (Å²) in [4.78, 5) is 13.4. The Morgan fingerprint density at radius 2 is 2.36 bits per heavy atom. The molecule has 72 valence electrons. The molecule has 0 spiro atoms. The van der Waals surface area contributed by atoms with E-state index in [-0.39, 0.29) is 0 Å². The van der Waals surface area contributed by atoms with E-state index in [2.05, 4.69) is 4.98 Å². The van der Waals surface area contributed by atoms with Crippen LogP contribution < -0.4 is 11.5 Å². The first-order valence-electron chi connectivity index (χ1n) is 4.28. The number of aromatic nitrogens is 1. The summed E-state index contributed by atoms with van der Waals surface area (Å²) in [7, 11) is 0. The van der Waals surface area contributed by atoms with Crippen LogP contribution >= 0.6 is 0 Å². The van der Waals surface area contributed by atoms with Crippen LogP contribution in [0.15, 0.2) is 39.7 Å². The number of allylic oxidation sites excluding steroid dienone is 1. The second-order valence-corrected chi connectivity index (χ2v) is 2.98. The average molecular weight is 190 g/mol. The molecule has 0 unspecified atom stereocenters. The molecule has 1 heterocycles. The van der Waals surface area contributed by atoms with Crippen molar-refractivity contribution in [3.8, 4) is 0 Å². The van der Waals surface area contributed by atoms with Gasteiger partial charge < -0.3 is 10.2 Å². The summed E-state index contributed by atoms with van der Waals surface area (Å²) in [5, 5.41) is 0. The van der Waals surface area contributed by atoms with Crippen molar-refractivity contribution in [3.05, 3.63) is 46.6 Å². The molecule has 3 N–H and O–H groups in total. The fourth-order valence-electron chi connectivity index (χ4n) is 1.32. The van der Waals surface area contributed by atoms with E-state index in [0.717, 1.165) is 17.5 Å². The Labute approximate surface area is 80.0 Å². The second-order valence-electron chi connectivity index (χ2n) is 2.98. The lowest BCUT2D eigenvalue weighted by Crippen LogP contribution is -1.92. The van der Waals surface area contributed by atoms with E-state index in [0.29, 0.717) is 5.58 Å². The summed E-state index contributed by atoms with van der Waals surface area (Å²) in [5.41, 5.74) is 7.59. The van der Waals surface area contributed by atoms with Gasteiger partial charge in [0.25, 0.3) is 0 Å². The topological polar surface area (TPSA) is 72.0 Å². The van der Waals surface area contributed by atoms with Crippen LogP contribution in [0.2, 0.25) is 0 Å². The van der Waals surface area contributed by atoms with E-state index < -0.39 is 5.76 Å². The highest BCUT2D eigenvalue weighted by atomic mass is 16.4. The van der Waals surface area contributed by atoms with Gasteiger partial charge in [0, 0.05) is 0 Å². The third kappa shape index (κ3) is 1.54. The van der Waals surface area contributed by atoms with Crippen molar-refractivity contribution in [3.63, 3.8) is 0 Å². The van der Waals surface area contributed by atoms with Crippen molar-refractivity contribution in [2.75, 3.05) is 0 Å². The lowest BCUT2D eigenvalue weighted by atomic mass is 10.1. The molecule has 0 saturated carbocycles. The third-order valence-corrected chi connectivity index (χ3v) is 1.98. The Morgan fingerprint density at radius 3 is 3.14 bits per heavy atom. The van der Waals surface area contributed by atoms with Gasteiger partial charge in [0.15, 0.2) is 5.58 Å². The molecule has 2 aromatic rings. The minimum atomic E-state index is -0.425. The molecular formula is C10H10N2O2. The van der Waals surface area contributed by atoms with E-state index in [1.165, 1.54) is 6.20 Å². The Morgan fingerprint density at radius 1 is 1.50 bits per heavy atom. The van der Waals surface area contributed by atoms with Gasteiger partial charge >= 0.3 is 5.76 Å². The molecular weight excluding hydrogens is 180 g/mol. The number of H-pyrrole nitrogens is 1. The summed E-state index contributed by atoms with van der Waals surface area (Å²) < 4.78 is 4.92. The normalized spacial score (nSPS) is 11.4. The number of benzene rings is 1. The van der Waals surface area contributed by atoms with Crippen molar-refractivity contribution in [2.24, 2.45) is 5.73 Å². The molecule has 4 heteroatoms. The van der Waals surface area contributed by atoms with Crippen molar-refractivity contribution in [1.82, 2.24) is 4.98 Å². The van der Waals surface area contributed by atoms with Gasteiger partial charge in [0.05, 0.1) is 5.52 Å². The lowest BCUT2D eigenvalue weighted by Gasteiger charge is -1.94. The quantitative estimate of drug-likeness (QED) is 0.745. The maximum Gasteiger partial charge on any atom is 0.417 e. The molecule has 0 aliphatic rings. The van der Waals surface area contributed by atoms with Crippen LogP contribution in [0.5, 0.6) is 0 Å². The summed E-state index contributed by atoms with van der Waals surface area (Å²) >= 11 is 0. The van der Waals surface area contributed by atoms with Gasteiger partial charge in [-0.1, -0.05) is 12.1 Å². The maximum atomic E-state index is 10.9. The molecule has 0 atom stereocenters. The van der Waals surface area contributed by atoms with Crippen LogP contribution in [0.1, 0.15) is 5.56 Å². The van der Waals surface area contributed by atoms with E-state index in [1.54, 1.807) is 0 Å². The van der Waals surface area contributed by atoms with Crippen LogP contribution in [0.25, 0.3) is 11.1 Å². The molecule has 0 radical (unpaired) electrons. The number of nitrogens with two attached hydrogens (primary N) is 1. The first-order chi connectivity index (χ1) is 6.79. The zero-order valence-electron chi connectivity index (χ0n) is 7.49. The van der Waals surface area contributed by atoms with Crippen LogP contribution in [0, 0.1) is 0 Å². The molecule has 0 aliphatic heterocycles. The number of hydrogen-bond donors (Lipinski definition) is 2. The zero-order chi connectivity index (χ0) is 9.97. The predicted octanol–water partition coefficient (Wildman–Crippen LogP) is 1.14. The largest absolute Gasteiger partial charge is 0.417 e. The van der Waals surface area contributed by atoms with Crippen molar-refractivity contribution in [1.29, 1.82) is 0 Å². The first kappa shape index (κ1) is 8.62. The van der Waals surface area contributed by atoms with Crippen molar-refractivity contribution < 1.29 is 4.42 Å². The monoisotopic (exact) mass is 190 g/mol. The Balaban J connectivity index is 2.45. The minimum Gasteiger partial charge on any atom is -0.408 e. The highest BCUT2D eigenvalue weighted by molar-refractivity contribution is 5.72. The van der Waals surface area contributed by atoms with Gasteiger partial charge in [0.1, 0.15) is 0 Å². The molecule has 0 amide bonds. The molecule has 0 bridgehead atoms. The number of fused-ring (bicyclic) bond motifs is 1. The molecule has 2 rings (SSSR count). The van der Waals surface area contributed by atoms with Gasteiger partial charge in [-0.15, -0.1) is 0 Å². The summed E-state index contributed by atoms with van der Waals surface area (Å²) in [5.74, 6) is -0.425. The van der Waals surface area contributed by atoms with E-state index in [1.807, 2.05) is 24.3 Å². The number of aromatic amines is 1. The SMILES string of the molecule is NC=CCc1ccc2[nH]c(=O)oc2c1. The average Bonchev–Trinajstić information content (AvgIpc) is 2.54. The lowest BCUT2D eigenvalue weighted by molar-refractivity contribution is 0.555. The standard InChI is InChI=1S/C10H10N2O2/c11-5-1-2-7-3-4-8-9(6-7)14-10(13)12-8/h1,3-6H,2,11H2,(H,12,13). The molecule has 0 fully saturated rings. The Kier molecular flexibility index (Phi) is 2.10. The first-order valence-corrected chi connectivity index (χ1v) is 4.28. The van der Waals surface area contributed by atoms with Gasteiger partial charge in [0.2, 0.25) is 0 Å². The van der Waals surface area contributed by atoms with Gasteiger partial charge in [-0.2, -0.15) is 0 Å². The van der Waals surface area contributed by atoms with Crippen LogP contribution in [-0.2, 0) is 6.42 Å². The predicted molar refractivity (Wildman–Crippen MR) is 53.9 cm³/mol. The highest BCUT2D eigenvalue weighted by Gasteiger charge is 2.00. The Bertz CT molecular complexity index is 522. The summed E-state index contributed by atoms with van der Waals surface area (Å²) in [6, 6.07) is 5.57. The molecule has 14 heavy (non-hydrogen) atoms. The van der Waals surface area contributed by atoms with Gasteiger partial charge in [-0.25, -0.2) is 4.79 Å². The molecule has 0 aliphatic carbocycles. The number of nitrogens with one attached hydrogen (secondary N) is 1. The summed E-state index contributed by atoms with van der Waals surface area (Å²) in [6.07, 6.45) is 4.07. The number of rotatable bonds is 2. The summed E-state index contributed by atoms with van der Waals surface area (Å²) in [6.45, 7) is 0. The smallest absolute Gasteiger partial charge is 0.408 e. The molecule has 1 aromatic carbocycles. The van der Waals surface area contributed by atoms with Gasteiger partial charge in [-0.3, -0.25) is 4.98 Å². The maximum absolute atomic E-state index is 10.9. The highest BCUT2D eigenvalue weighted by Crippen LogP contribution is 2.12. The van der Waals surface area contributed by atoms with E-state index >= 15 is 0 Å². The number of hydrogen-bond acceptors (Lipinski definition) is 3. The van der Waals surface area contributed by atoms with Crippen LogP contribution in [-0.4, -0.2) is 4.98 Å². The minimum absolute atomic E-state index is 0.425. The zero-order valence-corrected chi connectivity index (χ0v) is 7.49.